The van der Waals surface area contributed by atoms with Crippen LogP contribution in [0.25, 0.3) is 11.0 Å². The highest BCUT2D eigenvalue weighted by atomic mass is 19.2. The maximum absolute atomic E-state index is 13.3. The number of halogens is 2. The second-order valence-electron chi connectivity index (χ2n) is 8.38. The molecular weight excluding hydrogens is 398 g/mol. The van der Waals surface area contributed by atoms with E-state index < -0.39 is 11.6 Å². The standard InChI is InChI=1S/C24H28F2N4O/c1-29-22-7-3-2-6-21(22)28-23(29)16-30-12-4-5-17(15-30)9-11-24(31)27-14-18-8-10-19(25)20(26)13-18/h2-3,6-8,10,13,17H,4-5,9,11-12,14-16H2,1H3,(H,27,31)/t17-/m1/s1. The van der Waals surface area contributed by atoms with Gasteiger partial charge in [0.15, 0.2) is 11.6 Å². The molecule has 31 heavy (non-hydrogen) atoms. The van der Waals surface area contributed by atoms with Gasteiger partial charge in [-0.3, -0.25) is 9.69 Å². The number of aryl methyl sites for hydroxylation is 1. The summed E-state index contributed by atoms with van der Waals surface area (Å²) in [4.78, 5) is 19.4. The average Bonchev–Trinajstić information content (AvgIpc) is 3.09. The van der Waals surface area contributed by atoms with Crippen molar-refractivity contribution in [2.24, 2.45) is 13.0 Å². The van der Waals surface area contributed by atoms with Crippen LogP contribution in [-0.2, 0) is 24.9 Å². The SMILES string of the molecule is Cn1c(CN2CCC[C@H](CCC(=O)NCc3ccc(F)c(F)c3)C2)nc2ccccc21. The number of nitrogens with one attached hydrogen (secondary N) is 1. The van der Waals surface area contributed by atoms with E-state index in [1.807, 2.05) is 18.2 Å². The Morgan fingerprint density at radius 2 is 2.03 bits per heavy atom. The van der Waals surface area contributed by atoms with Gasteiger partial charge in [0.1, 0.15) is 5.82 Å². The summed E-state index contributed by atoms with van der Waals surface area (Å²) in [6, 6.07) is 11.9. The largest absolute Gasteiger partial charge is 0.352 e. The number of fused-ring (bicyclic) bond motifs is 1. The number of nitrogens with zero attached hydrogens (tertiary/aromatic N) is 3. The summed E-state index contributed by atoms with van der Waals surface area (Å²) in [5, 5.41) is 2.80. The number of rotatable bonds is 7. The first kappa shape index (κ1) is 21.4. The zero-order chi connectivity index (χ0) is 21.8. The number of carbonyl (C=O) groups is 1. The van der Waals surface area contributed by atoms with Crippen LogP contribution in [0, 0.1) is 17.6 Å². The summed E-state index contributed by atoms with van der Waals surface area (Å²) in [6.07, 6.45) is 3.50. The Morgan fingerprint density at radius 3 is 2.84 bits per heavy atom. The molecule has 2 heterocycles. The van der Waals surface area contributed by atoms with Crippen molar-refractivity contribution in [1.29, 1.82) is 0 Å². The molecule has 0 bridgehead atoms. The topological polar surface area (TPSA) is 50.2 Å². The predicted molar refractivity (Wildman–Crippen MR) is 116 cm³/mol. The fourth-order valence-electron chi connectivity index (χ4n) is 4.34. The van der Waals surface area contributed by atoms with E-state index in [4.69, 9.17) is 4.98 Å². The van der Waals surface area contributed by atoms with Gasteiger partial charge in [0.25, 0.3) is 0 Å². The molecule has 1 fully saturated rings. The van der Waals surface area contributed by atoms with Gasteiger partial charge in [-0.15, -0.1) is 0 Å². The van der Waals surface area contributed by atoms with Gasteiger partial charge in [-0.25, -0.2) is 13.8 Å². The molecule has 0 spiro atoms. The lowest BCUT2D eigenvalue weighted by atomic mass is 9.93. The highest BCUT2D eigenvalue weighted by molar-refractivity contribution is 5.76. The molecule has 164 valence electrons. The Balaban J connectivity index is 1.25. The summed E-state index contributed by atoms with van der Waals surface area (Å²) >= 11 is 0. The van der Waals surface area contributed by atoms with Gasteiger partial charge >= 0.3 is 0 Å². The van der Waals surface area contributed by atoms with Gasteiger partial charge in [-0.2, -0.15) is 0 Å². The van der Waals surface area contributed by atoms with Gasteiger partial charge in [-0.1, -0.05) is 18.2 Å². The second-order valence-corrected chi connectivity index (χ2v) is 8.38. The van der Waals surface area contributed by atoms with Crippen molar-refractivity contribution in [2.45, 2.75) is 38.8 Å². The van der Waals surface area contributed by atoms with Gasteiger partial charge in [0.2, 0.25) is 5.91 Å². The normalized spacial score (nSPS) is 17.2. The number of aromatic nitrogens is 2. The molecule has 1 atom stereocenters. The van der Waals surface area contributed by atoms with Crippen molar-refractivity contribution in [2.75, 3.05) is 13.1 Å². The third kappa shape index (κ3) is 5.28. The Bertz CT molecular complexity index is 1060. The van der Waals surface area contributed by atoms with E-state index in [2.05, 4.69) is 27.9 Å². The number of likely N-dealkylation sites (tertiary alicyclic amines) is 1. The van der Waals surface area contributed by atoms with Crippen LogP contribution in [0.15, 0.2) is 42.5 Å². The zero-order valence-electron chi connectivity index (χ0n) is 17.8. The molecule has 7 heteroatoms. The number of carbonyl (C=O) groups excluding carboxylic acids is 1. The van der Waals surface area contributed by atoms with E-state index in [-0.39, 0.29) is 12.5 Å². The lowest BCUT2D eigenvalue weighted by Crippen LogP contribution is -2.36. The molecule has 2 aromatic carbocycles. The van der Waals surface area contributed by atoms with Crippen LogP contribution in [0.3, 0.4) is 0 Å². The monoisotopic (exact) mass is 426 g/mol. The van der Waals surface area contributed by atoms with E-state index in [0.717, 1.165) is 67.9 Å². The van der Waals surface area contributed by atoms with Crippen molar-refractivity contribution in [3.8, 4) is 0 Å². The fourth-order valence-corrected chi connectivity index (χ4v) is 4.34. The first-order valence-corrected chi connectivity index (χ1v) is 10.8. The van der Waals surface area contributed by atoms with E-state index >= 15 is 0 Å². The number of hydrogen-bond donors (Lipinski definition) is 1. The molecule has 1 saturated heterocycles. The summed E-state index contributed by atoms with van der Waals surface area (Å²) in [6.45, 7) is 3.02. The molecule has 1 aromatic heterocycles. The van der Waals surface area contributed by atoms with Crippen LogP contribution in [0.1, 0.15) is 37.1 Å². The summed E-state index contributed by atoms with van der Waals surface area (Å²) in [7, 11) is 2.06. The third-order valence-corrected chi connectivity index (χ3v) is 6.10. The van der Waals surface area contributed by atoms with Crippen LogP contribution in [-0.4, -0.2) is 33.4 Å². The van der Waals surface area contributed by atoms with E-state index in [1.54, 1.807) is 0 Å². The quantitative estimate of drug-likeness (QED) is 0.617. The van der Waals surface area contributed by atoms with Gasteiger partial charge in [0, 0.05) is 26.6 Å². The second kappa shape index (κ2) is 9.56. The first-order chi connectivity index (χ1) is 15.0. The number of para-hydroxylation sites is 2. The Hall–Kier alpha value is -2.80. The van der Waals surface area contributed by atoms with Crippen molar-refractivity contribution in [3.05, 3.63) is 65.5 Å². The molecule has 1 amide bonds. The maximum atomic E-state index is 13.3. The minimum Gasteiger partial charge on any atom is -0.352 e. The zero-order valence-corrected chi connectivity index (χ0v) is 17.8. The summed E-state index contributed by atoms with van der Waals surface area (Å²) < 4.78 is 28.4. The average molecular weight is 427 g/mol. The van der Waals surface area contributed by atoms with Crippen molar-refractivity contribution in [1.82, 2.24) is 19.8 Å². The molecule has 1 N–H and O–H groups in total. The predicted octanol–water partition coefficient (Wildman–Crippen LogP) is 4.16. The molecule has 0 aliphatic carbocycles. The Morgan fingerprint density at radius 1 is 1.19 bits per heavy atom. The van der Waals surface area contributed by atoms with Gasteiger partial charge in [0.05, 0.1) is 17.6 Å². The highest BCUT2D eigenvalue weighted by Gasteiger charge is 2.22. The van der Waals surface area contributed by atoms with Crippen LogP contribution in [0.2, 0.25) is 0 Å². The fraction of sp³-hybridized carbons (Fsp3) is 0.417. The smallest absolute Gasteiger partial charge is 0.220 e. The summed E-state index contributed by atoms with van der Waals surface area (Å²) in [5.41, 5.74) is 2.72. The Kier molecular flexibility index (Phi) is 6.61. The molecule has 1 aliphatic rings. The third-order valence-electron chi connectivity index (χ3n) is 6.10. The number of imidazole rings is 1. The molecular formula is C24H28F2N4O. The Labute approximate surface area is 181 Å². The van der Waals surface area contributed by atoms with Crippen molar-refractivity contribution >= 4 is 16.9 Å². The van der Waals surface area contributed by atoms with Crippen LogP contribution >= 0.6 is 0 Å². The molecule has 0 radical (unpaired) electrons. The number of hydrogen-bond acceptors (Lipinski definition) is 3. The molecule has 4 rings (SSSR count). The number of benzene rings is 2. The number of piperidine rings is 1. The van der Waals surface area contributed by atoms with E-state index in [9.17, 15) is 13.6 Å². The van der Waals surface area contributed by atoms with Crippen molar-refractivity contribution < 1.29 is 13.6 Å². The highest BCUT2D eigenvalue weighted by Crippen LogP contribution is 2.23. The number of amides is 1. The minimum atomic E-state index is -0.894. The van der Waals surface area contributed by atoms with Gasteiger partial charge < -0.3 is 9.88 Å². The molecule has 0 unspecified atom stereocenters. The molecule has 0 saturated carbocycles. The molecule has 5 nitrogen and oxygen atoms in total. The minimum absolute atomic E-state index is 0.0581. The van der Waals surface area contributed by atoms with E-state index in [0.29, 0.717) is 17.9 Å². The van der Waals surface area contributed by atoms with Crippen molar-refractivity contribution in [3.63, 3.8) is 0 Å². The van der Waals surface area contributed by atoms with Crippen LogP contribution in [0.4, 0.5) is 8.78 Å². The van der Waals surface area contributed by atoms with Crippen LogP contribution < -0.4 is 5.32 Å². The molecule has 3 aromatic rings. The van der Waals surface area contributed by atoms with E-state index in [1.165, 1.54) is 6.07 Å². The lowest BCUT2D eigenvalue weighted by molar-refractivity contribution is -0.121. The molecule has 1 aliphatic heterocycles. The van der Waals surface area contributed by atoms with Gasteiger partial charge in [-0.05, 0) is 61.6 Å². The maximum Gasteiger partial charge on any atom is 0.220 e. The summed E-state index contributed by atoms with van der Waals surface area (Å²) in [5.74, 6) is -0.300. The van der Waals surface area contributed by atoms with Crippen LogP contribution in [0.5, 0.6) is 0 Å². The first-order valence-electron chi connectivity index (χ1n) is 10.8. The lowest BCUT2D eigenvalue weighted by Gasteiger charge is -2.32.